The molecule has 0 spiro atoms. The monoisotopic (exact) mass is 371 g/mol. The van der Waals surface area contributed by atoms with Gasteiger partial charge in [-0.15, -0.1) is 5.10 Å². The number of rotatable bonds is 5. The van der Waals surface area contributed by atoms with Crippen molar-refractivity contribution in [3.05, 3.63) is 59.7 Å². The molecule has 134 valence electrons. The van der Waals surface area contributed by atoms with Crippen molar-refractivity contribution in [3.8, 4) is 11.5 Å². The van der Waals surface area contributed by atoms with Crippen LogP contribution < -0.4 is 5.32 Å². The van der Waals surface area contributed by atoms with Crippen molar-refractivity contribution in [2.45, 2.75) is 18.2 Å². The average molecular weight is 371 g/mol. The number of hydrogen-bond acceptors (Lipinski definition) is 6. The molecule has 1 aromatic heterocycles. The molecule has 0 saturated heterocycles. The van der Waals surface area contributed by atoms with E-state index in [0.717, 1.165) is 17.4 Å². The lowest BCUT2D eigenvalue weighted by molar-refractivity contribution is -0.115. The van der Waals surface area contributed by atoms with Crippen LogP contribution in [-0.4, -0.2) is 30.8 Å². The van der Waals surface area contributed by atoms with Crippen LogP contribution in [0.15, 0.2) is 57.8 Å². The van der Waals surface area contributed by atoms with Crippen molar-refractivity contribution in [1.29, 1.82) is 0 Å². The molecule has 26 heavy (non-hydrogen) atoms. The lowest BCUT2D eigenvalue weighted by atomic mass is 10.1. The van der Waals surface area contributed by atoms with Gasteiger partial charge in [0.15, 0.2) is 9.84 Å². The molecule has 1 amide bonds. The van der Waals surface area contributed by atoms with E-state index in [1.54, 1.807) is 12.1 Å². The van der Waals surface area contributed by atoms with Crippen LogP contribution in [0, 0.1) is 6.92 Å². The van der Waals surface area contributed by atoms with E-state index in [9.17, 15) is 13.2 Å². The van der Waals surface area contributed by atoms with Crippen LogP contribution >= 0.6 is 0 Å². The predicted octanol–water partition coefficient (Wildman–Crippen LogP) is 2.63. The topological polar surface area (TPSA) is 102 Å². The lowest BCUT2D eigenvalue weighted by Crippen LogP contribution is -2.14. The molecule has 0 atom stereocenters. The fourth-order valence-electron chi connectivity index (χ4n) is 2.41. The molecule has 0 unspecified atom stereocenters. The minimum absolute atomic E-state index is 0.00940. The Morgan fingerprint density at radius 1 is 1.12 bits per heavy atom. The molecule has 0 saturated carbocycles. The summed E-state index contributed by atoms with van der Waals surface area (Å²) < 4.78 is 28.4. The number of hydrogen-bond donors (Lipinski definition) is 1. The lowest BCUT2D eigenvalue weighted by Gasteiger charge is -2.02. The molecule has 0 bridgehead atoms. The van der Waals surface area contributed by atoms with E-state index < -0.39 is 9.84 Å². The summed E-state index contributed by atoms with van der Waals surface area (Å²) in [6.07, 6.45) is 1.33. The summed E-state index contributed by atoms with van der Waals surface area (Å²) >= 11 is 0. The number of benzene rings is 2. The van der Waals surface area contributed by atoms with Gasteiger partial charge in [-0.2, -0.15) is 0 Å². The van der Waals surface area contributed by atoms with Crippen LogP contribution in [-0.2, 0) is 21.1 Å². The van der Waals surface area contributed by atoms with Gasteiger partial charge in [0.1, 0.15) is 0 Å². The van der Waals surface area contributed by atoms with Gasteiger partial charge in [0, 0.05) is 11.8 Å². The molecule has 0 aliphatic heterocycles. The zero-order valence-corrected chi connectivity index (χ0v) is 15.1. The van der Waals surface area contributed by atoms with Gasteiger partial charge >= 0.3 is 6.01 Å². The van der Waals surface area contributed by atoms with Crippen LogP contribution in [0.3, 0.4) is 0 Å². The minimum atomic E-state index is -3.27. The van der Waals surface area contributed by atoms with Gasteiger partial charge in [-0.25, -0.2) is 8.42 Å². The molecular weight excluding hydrogens is 354 g/mol. The van der Waals surface area contributed by atoms with Gasteiger partial charge in [-0.1, -0.05) is 34.9 Å². The first-order chi connectivity index (χ1) is 12.3. The Kier molecular flexibility index (Phi) is 4.85. The maximum Gasteiger partial charge on any atom is 0.322 e. The summed E-state index contributed by atoms with van der Waals surface area (Å²) in [5.74, 6) is -0.0749. The molecule has 0 radical (unpaired) electrons. The number of aromatic nitrogens is 2. The van der Waals surface area contributed by atoms with Crippen LogP contribution in [0.1, 0.15) is 11.1 Å². The standard InChI is InChI=1S/C18H17N3O4S/c1-12-4-3-5-13(10-12)11-16(22)19-18-21-20-17(25-18)14-6-8-15(9-7-14)26(2,23)24/h3-10H,11H2,1-2H3,(H,19,21,22). The van der Waals surface area contributed by atoms with E-state index in [1.807, 2.05) is 31.2 Å². The average Bonchev–Trinajstić information content (AvgIpc) is 3.02. The van der Waals surface area contributed by atoms with Gasteiger partial charge in [-0.3, -0.25) is 10.1 Å². The van der Waals surface area contributed by atoms with E-state index in [2.05, 4.69) is 15.5 Å². The number of aryl methyl sites for hydroxylation is 1. The molecule has 0 fully saturated rings. The number of anilines is 1. The van der Waals surface area contributed by atoms with Crippen molar-refractivity contribution < 1.29 is 17.6 Å². The summed E-state index contributed by atoms with van der Waals surface area (Å²) in [5, 5.41) is 10.2. The second kappa shape index (κ2) is 7.09. The van der Waals surface area contributed by atoms with Crippen molar-refractivity contribution >= 4 is 21.8 Å². The Bertz CT molecular complexity index is 1040. The summed E-state index contributed by atoms with van der Waals surface area (Å²) in [7, 11) is -3.27. The Balaban J connectivity index is 1.68. The third kappa shape index (κ3) is 4.34. The smallest absolute Gasteiger partial charge is 0.322 e. The maximum absolute atomic E-state index is 12.1. The molecular formula is C18H17N3O4S. The number of sulfone groups is 1. The number of nitrogens with one attached hydrogen (secondary N) is 1. The zero-order chi connectivity index (χ0) is 18.7. The third-order valence-corrected chi connectivity index (χ3v) is 4.78. The molecule has 3 rings (SSSR count). The van der Waals surface area contributed by atoms with Crippen molar-refractivity contribution in [3.63, 3.8) is 0 Å². The van der Waals surface area contributed by atoms with E-state index in [-0.39, 0.29) is 29.1 Å². The Hall–Kier alpha value is -3.00. The molecule has 0 aliphatic carbocycles. The third-order valence-electron chi connectivity index (χ3n) is 3.65. The second-order valence-electron chi connectivity index (χ2n) is 5.92. The summed E-state index contributed by atoms with van der Waals surface area (Å²) in [4.78, 5) is 12.3. The highest BCUT2D eigenvalue weighted by Crippen LogP contribution is 2.21. The van der Waals surface area contributed by atoms with Gasteiger partial charge in [0.05, 0.1) is 11.3 Å². The van der Waals surface area contributed by atoms with Gasteiger partial charge in [0.2, 0.25) is 11.8 Å². The van der Waals surface area contributed by atoms with E-state index >= 15 is 0 Å². The van der Waals surface area contributed by atoms with Gasteiger partial charge < -0.3 is 4.42 Å². The number of carbonyl (C=O) groups excluding carboxylic acids is 1. The molecule has 3 aromatic rings. The largest absolute Gasteiger partial charge is 0.403 e. The van der Waals surface area contributed by atoms with Crippen molar-refractivity contribution in [2.24, 2.45) is 0 Å². The van der Waals surface area contributed by atoms with Crippen LogP contribution in [0.25, 0.3) is 11.5 Å². The number of nitrogens with zero attached hydrogens (tertiary/aromatic N) is 2. The normalized spacial score (nSPS) is 11.3. The summed E-state index contributed by atoms with van der Waals surface area (Å²) in [6.45, 7) is 1.96. The van der Waals surface area contributed by atoms with Crippen LogP contribution in [0.2, 0.25) is 0 Å². The van der Waals surface area contributed by atoms with Crippen LogP contribution in [0.4, 0.5) is 6.01 Å². The second-order valence-corrected chi connectivity index (χ2v) is 7.94. The van der Waals surface area contributed by atoms with Crippen molar-refractivity contribution in [1.82, 2.24) is 10.2 Å². The zero-order valence-electron chi connectivity index (χ0n) is 14.3. The fourth-order valence-corrected chi connectivity index (χ4v) is 3.04. The van der Waals surface area contributed by atoms with Crippen LogP contribution in [0.5, 0.6) is 0 Å². The molecule has 1 N–H and O–H groups in total. The highest BCUT2D eigenvalue weighted by Gasteiger charge is 2.13. The summed E-state index contributed by atoms with van der Waals surface area (Å²) in [6, 6.07) is 13.7. The first-order valence-corrected chi connectivity index (χ1v) is 9.70. The maximum atomic E-state index is 12.1. The SMILES string of the molecule is Cc1cccc(CC(=O)Nc2nnc(-c3ccc(S(C)(=O)=O)cc3)o2)c1. The van der Waals surface area contributed by atoms with E-state index in [4.69, 9.17) is 4.42 Å². The quantitative estimate of drug-likeness (QED) is 0.740. The highest BCUT2D eigenvalue weighted by atomic mass is 32.2. The molecule has 0 aliphatic rings. The van der Waals surface area contributed by atoms with Gasteiger partial charge in [-0.05, 0) is 36.8 Å². The fraction of sp³-hybridized carbons (Fsp3) is 0.167. The molecule has 1 heterocycles. The van der Waals surface area contributed by atoms with E-state index in [0.29, 0.717) is 5.56 Å². The molecule has 7 nitrogen and oxygen atoms in total. The Labute approximate surface area is 151 Å². The predicted molar refractivity (Wildman–Crippen MR) is 96.4 cm³/mol. The highest BCUT2D eigenvalue weighted by molar-refractivity contribution is 7.90. The number of carbonyl (C=O) groups is 1. The Morgan fingerprint density at radius 2 is 1.85 bits per heavy atom. The first kappa shape index (κ1) is 17.8. The Morgan fingerprint density at radius 3 is 2.50 bits per heavy atom. The summed E-state index contributed by atoms with van der Waals surface area (Å²) in [5.41, 5.74) is 2.52. The van der Waals surface area contributed by atoms with Gasteiger partial charge in [0.25, 0.3) is 0 Å². The van der Waals surface area contributed by atoms with E-state index in [1.165, 1.54) is 12.1 Å². The minimum Gasteiger partial charge on any atom is -0.403 e. The van der Waals surface area contributed by atoms with Crippen molar-refractivity contribution in [2.75, 3.05) is 11.6 Å². The first-order valence-electron chi connectivity index (χ1n) is 7.81. The molecule has 2 aromatic carbocycles. The molecule has 8 heteroatoms. The number of amides is 1.